The predicted molar refractivity (Wildman–Crippen MR) is 90.6 cm³/mol. The fraction of sp³-hybridized carbons (Fsp3) is 0.176. The van der Waals surface area contributed by atoms with Crippen LogP contribution < -0.4 is 14.8 Å². The van der Waals surface area contributed by atoms with Gasteiger partial charge in [0.05, 0.1) is 18.2 Å². The topological polar surface area (TPSA) is 71.3 Å². The molecule has 1 amide bonds. The molecule has 0 radical (unpaired) electrons. The molecule has 0 bridgehead atoms. The van der Waals surface area contributed by atoms with Crippen LogP contribution in [0.2, 0.25) is 0 Å². The van der Waals surface area contributed by atoms with Crippen LogP contribution in [-0.2, 0) is 4.79 Å². The number of hydrogen-bond acceptors (Lipinski definition) is 4. The third kappa shape index (κ3) is 5.01. The monoisotopic (exact) mass is 374 g/mol. The number of rotatable bonds is 6. The smallest absolute Gasteiger partial charge is 0.262 e. The van der Waals surface area contributed by atoms with Crippen LogP contribution in [0.15, 0.2) is 46.9 Å². The van der Waals surface area contributed by atoms with Crippen molar-refractivity contribution in [2.24, 2.45) is 0 Å². The molecule has 118 valence electrons. The van der Waals surface area contributed by atoms with Crippen LogP contribution in [0.3, 0.4) is 0 Å². The molecule has 6 heteroatoms. The molecule has 0 heterocycles. The molecule has 1 N–H and O–H groups in total. The van der Waals surface area contributed by atoms with Gasteiger partial charge in [-0.3, -0.25) is 4.79 Å². The second-order valence-corrected chi connectivity index (χ2v) is 5.47. The van der Waals surface area contributed by atoms with Gasteiger partial charge in [0, 0.05) is 16.2 Å². The Kier molecular flexibility index (Phi) is 6.01. The quantitative estimate of drug-likeness (QED) is 0.835. The van der Waals surface area contributed by atoms with Crippen LogP contribution in [-0.4, -0.2) is 19.1 Å². The highest BCUT2D eigenvalue weighted by atomic mass is 79.9. The van der Waals surface area contributed by atoms with Crippen molar-refractivity contribution in [1.82, 2.24) is 0 Å². The summed E-state index contributed by atoms with van der Waals surface area (Å²) in [5.74, 6) is 0.596. The van der Waals surface area contributed by atoms with Crippen LogP contribution in [0.1, 0.15) is 12.5 Å². The lowest BCUT2D eigenvalue weighted by Crippen LogP contribution is -2.20. The van der Waals surface area contributed by atoms with Crippen molar-refractivity contribution in [2.45, 2.75) is 6.92 Å². The Morgan fingerprint density at radius 1 is 1.17 bits per heavy atom. The molecule has 0 fully saturated rings. The first-order valence-electron chi connectivity index (χ1n) is 6.97. The summed E-state index contributed by atoms with van der Waals surface area (Å²) in [6.07, 6.45) is 0. The Labute approximate surface area is 143 Å². The summed E-state index contributed by atoms with van der Waals surface area (Å²) < 4.78 is 11.9. The second-order valence-electron chi connectivity index (χ2n) is 4.55. The number of nitrogens with one attached hydrogen (secondary N) is 1. The molecule has 0 saturated carbocycles. The lowest BCUT2D eigenvalue weighted by Gasteiger charge is -2.12. The number of nitrogens with zero attached hydrogens (tertiary/aromatic N) is 1. The number of anilines is 1. The Morgan fingerprint density at radius 2 is 1.91 bits per heavy atom. The number of hydrogen-bond donors (Lipinski definition) is 1. The van der Waals surface area contributed by atoms with E-state index in [-0.39, 0.29) is 12.5 Å². The van der Waals surface area contributed by atoms with Crippen molar-refractivity contribution in [1.29, 1.82) is 5.26 Å². The fourth-order valence-corrected chi connectivity index (χ4v) is 2.10. The Bertz CT molecular complexity index is 724. The molecule has 0 atom stereocenters. The van der Waals surface area contributed by atoms with E-state index in [0.717, 1.165) is 4.47 Å². The molecule has 0 unspecified atom stereocenters. The molecule has 2 rings (SSSR count). The third-order valence-corrected chi connectivity index (χ3v) is 3.39. The molecule has 0 aromatic heterocycles. The Morgan fingerprint density at radius 3 is 2.57 bits per heavy atom. The molecule has 2 aromatic carbocycles. The summed E-state index contributed by atoms with van der Waals surface area (Å²) in [4.78, 5) is 11.9. The summed E-state index contributed by atoms with van der Waals surface area (Å²) in [6.45, 7) is 2.13. The van der Waals surface area contributed by atoms with Crippen LogP contribution in [0.25, 0.3) is 0 Å². The average molecular weight is 375 g/mol. The van der Waals surface area contributed by atoms with Gasteiger partial charge in [-0.05, 0) is 43.3 Å². The lowest BCUT2D eigenvalue weighted by atomic mass is 10.2. The van der Waals surface area contributed by atoms with E-state index in [2.05, 4.69) is 21.2 Å². The first kappa shape index (κ1) is 16.8. The molecule has 5 nitrogen and oxygen atoms in total. The van der Waals surface area contributed by atoms with Crippen molar-refractivity contribution in [3.8, 4) is 17.6 Å². The van der Waals surface area contributed by atoms with E-state index < -0.39 is 0 Å². The maximum absolute atomic E-state index is 11.9. The van der Waals surface area contributed by atoms with Crippen molar-refractivity contribution in [3.63, 3.8) is 0 Å². The number of ether oxygens (including phenoxy) is 2. The van der Waals surface area contributed by atoms with Gasteiger partial charge >= 0.3 is 0 Å². The zero-order valence-electron chi connectivity index (χ0n) is 12.5. The van der Waals surface area contributed by atoms with Crippen LogP contribution >= 0.6 is 15.9 Å². The van der Waals surface area contributed by atoms with E-state index >= 15 is 0 Å². The molecular weight excluding hydrogens is 360 g/mol. The minimum Gasteiger partial charge on any atom is -0.490 e. The molecule has 0 saturated heterocycles. The predicted octanol–water partition coefficient (Wildman–Crippen LogP) is 3.74. The van der Waals surface area contributed by atoms with Gasteiger partial charge in [0.15, 0.2) is 18.1 Å². The van der Waals surface area contributed by atoms with Gasteiger partial charge in [-0.2, -0.15) is 5.26 Å². The number of amides is 1. The number of carbonyl (C=O) groups is 1. The van der Waals surface area contributed by atoms with E-state index in [1.54, 1.807) is 30.3 Å². The van der Waals surface area contributed by atoms with E-state index in [1.165, 1.54) is 0 Å². The zero-order chi connectivity index (χ0) is 16.7. The van der Waals surface area contributed by atoms with Crippen molar-refractivity contribution in [2.75, 3.05) is 18.5 Å². The summed E-state index contributed by atoms with van der Waals surface area (Å²) in [5, 5.41) is 11.6. The summed E-state index contributed by atoms with van der Waals surface area (Å²) >= 11 is 3.33. The largest absolute Gasteiger partial charge is 0.490 e. The third-order valence-electron chi connectivity index (χ3n) is 2.86. The van der Waals surface area contributed by atoms with Crippen molar-refractivity contribution in [3.05, 3.63) is 52.5 Å². The fourth-order valence-electron chi connectivity index (χ4n) is 1.84. The van der Waals surface area contributed by atoms with Crippen LogP contribution in [0, 0.1) is 11.3 Å². The lowest BCUT2D eigenvalue weighted by molar-refractivity contribution is -0.118. The van der Waals surface area contributed by atoms with Gasteiger partial charge in [-0.1, -0.05) is 15.9 Å². The van der Waals surface area contributed by atoms with Crippen LogP contribution in [0.4, 0.5) is 5.69 Å². The summed E-state index contributed by atoms with van der Waals surface area (Å²) in [7, 11) is 0. The summed E-state index contributed by atoms with van der Waals surface area (Å²) in [5.41, 5.74) is 1.16. The average Bonchev–Trinajstić information content (AvgIpc) is 2.56. The van der Waals surface area contributed by atoms with Gasteiger partial charge in [-0.25, -0.2) is 0 Å². The molecule has 23 heavy (non-hydrogen) atoms. The van der Waals surface area contributed by atoms with Gasteiger partial charge < -0.3 is 14.8 Å². The highest BCUT2D eigenvalue weighted by molar-refractivity contribution is 9.10. The molecule has 0 aliphatic heterocycles. The molecular formula is C17H15BrN2O3. The Balaban J connectivity index is 1.98. The first-order valence-corrected chi connectivity index (χ1v) is 7.77. The van der Waals surface area contributed by atoms with E-state index in [9.17, 15) is 4.79 Å². The summed E-state index contributed by atoms with van der Waals surface area (Å²) in [6, 6.07) is 14.1. The van der Waals surface area contributed by atoms with Crippen molar-refractivity contribution < 1.29 is 14.3 Å². The van der Waals surface area contributed by atoms with Gasteiger partial charge in [0.1, 0.15) is 0 Å². The highest BCUT2D eigenvalue weighted by Gasteiger charge is 2.09. The van der Waals surface area contributed by atoms with E-state index in [0.29, 0.717) is 29.4 Å². The molecule has 0 aliphatic carbocycles. The molecule has 2 aromatic rings. The number of halogens is 1. The first-order chi connectivity index (χ1) is 11.1. The minimum absolute atomic E-state index is 0.151. The standard InChI is InChI=1S/C17H15BrN2O3/c1-2-22-16-9-12(10-19)3-8-15(16)23-11-17(21)20-14-6-4-13(18)5-7-14/h3-9H,2,11H2,1H3,(H,20,21). The number of carbonyl (C=O) groups excluding carboxylic acids is 1. The Hall–Kier alpha value is -2.52. The van der Waals surface area contributed by atoms with Crippen LogP contribution in [0.5, 0.6) is 11.5 Å². The molecule has 0 aliphatic rings. The van der Waals surface area contributed by atoms with Gasteiger partial charge in [-0.15, -0.1) is 0 Å². The number of nitriles is 1. The minimum atomic E-state index is -0.279. The second kappa shape index (κ2) is 8.20. The zero-order valence-corrected chi connectivity index (χ0v) is 14.1. The van der Waals surface area contributed by atoms with E-state index in [1.807, 2.05) is 25.1 Å². The molecule has 0 spiro atoms. The van der Waals surface area contributed by atoms with Gasteiger partial charge in [0.2, 0.25) is 0 Å². The van der Waals surface area contributed by atoms with E-state index in [4.69, 9.17) is 14.7 Å². The maximum Gasteiger partial charge on any atom is 0.262 e. The number of benzene rings is 2. The highest BCUT2D eigenvalue weighted by Crippen LogP contribution is 2.28. The normalized spacial score (nSPS) is 9.78. The van der Waals surface area contributed by atoms with Crippen molar-refractivity contribution >= 4 is 27.5 Å². The van der Waals surface area contributed by atoms with Gasteiger partial charge in [0.25, 0.3) is 5.91 Å². The SMILES string of the molecule is CCOc1cc(C#N)ccc1OCC(=O)Nc1ccc(Br)cc1. The maximum atomic E-state index is 11.9.